The maximum atomic E-state index is 12.3. The van der Waals surface area contributed by atoms with Crippen LogP contribution in [0, 0.1) is 13.8 Å². The Hall–Kier alpha value is -3.40. The fourth-order valence-electron chi connectivity index (χ4n) is 2.61. The van der Waals surface area contributed by atoms with Crippen molar-refractivity contribution in [3.05, 3.63) is 101 Å². The van der Waals surface area contributed by atoms with E-state index in [2.05, 4.69) is 29.6 Å². The first-order chi connectivity index (χ1) is 13.5. The van der Waals surface area contributed by atoms with Crippen LogP contribution in [0.1, 0.15) is 39.5 Å². The minimum absolute atomic E-state index is 0.253. The molecule has 0 fully saturated rings. The van der Waals surface area contributed by atoms with Crippen LogP contribution in [0.2, 0.25) is 0 Å². The van der Waals surface area contributed by atoms with Crippen LogP contribution in [-0.2, 0) is 6.61 Å². The molecule has 0 radical (unpaired) electrons. The lowest BCUT2D eigenvalue weighted by Crippen LogP contribution is -2.19. The van der Waals surface area contributed by atoms with E-state index in [9.17, 15) is 4.79 Å². The second kappa shape index (κ2) is 9.00. The largest absolute Gasteiger partial charge is 0.489 e. The van der Waals surface area contributed by atoms with Crippen LogP contribution in [-0.4, -0.2) is 11.6 Å². The fraction of sp³-hybridized carbons (Fsp3) is 0.167. The van der Waals surface area contributed by atoms with Gasteiger partial charge in [-0.1, -0.05) is 59.7 Å². The van der Waals surface area contributed by atoms with Crippen molar-refractivity contribution in [3.63, 3.8) is 0 Å². The number of nitrogens with zero attached hydrogens (tertiary/aromatic N) is 1. The summed E-state index contributed by atoms with van der Waals surface area (Å²) in [6, 6.07) is 23.3. The molecule has 0 heterocycles. The number of carbonyl (C=O) groups excluding carboxylic acids is 1. The third-order valence-corrected chi connectivity index (χ3v) is 4.44. The van der Waals surface area contributed by atoms with Gasteiger partial charge in [0.2, 0.25) is 0 Å². The number of hydrogen-bond donors (Lipinski definition) is 1. The highest BCUT2D eigenvalue weighted by molar-refractivity contribution is 6.00. The van der Waals surface area contributed by atoms with Crippen LogP contribution in [0.4, 0.5) is 0 Å². The van der Waals surface area contributed by atoms with Gasteiger partial charge >= 0.3 is 0 Å². The molecule has 0 atom stereocenters. The molecule has 0 spiro atoms. The predicted molar refractivity (Wildman–Crippen MR) is 113 cm³/mol. The number of ether oxygens (including phenoxy) is 1. The summed E-state index contributed by atoms with van der Waals surface area (Å²) in [7, 11) is 0. The van der Waals surface area contributed by atoms with Gasteiger partial charge in [0, 0.05) is 5.56 Å². The number of hydrazone groups is 1. The fourth-order valence-corrected chi connectivity index (χ4v) is 2.61. The first kappa shape index (κ1) is 19.4. The van der Waals surface area contributed by atoms with Gasteiger partial charge in [0.15, 0.2) is 0 Å². The molecule has 4 nitrogen and oxygen atoms in total. The Morgan fingerprint density at radius 3 is 1.96 bits per heavy atom. The summed E-state index contributed by atoms with van der Waals surface area (Å²) in [6.07, 6.45) is 0. The molecule has 0 aliphatic heterocycles. The van der Waals surface area contributed by atoms with E-state index in [1.54, 1.807) is 24.3 Å². The number of benzene rings is 3. The topological polar surface area (TPSA) is 50.7 Å². The van der Waals surface area contributed by atoms with E-state index in [0.717, 1.165) is 22.6 Å². The van der Waals surface area contributed by atoms with Crippen molar-refractivity contribution >= 4 is 11.6 Å². The highest BCUT2D eigenvalue weighted by atomic mass is 16.5. The molecule has 28 heavy (non-hydrogen) atoms. The summed E-state index contributed by atoms with van der Waals surface area (Å²) in [4.78, 5) is 12.3. The highest BCUT2D eigenvalue weighted by Crippen LogP contribution is 2.15. The van der Waals surface area contributed by atoms with Crippen molar-refractivity contribution in [1.82, 2.24) is 5.43 Å². The van der Waals surface area contributed by atoms with E-state index in [0.29, 0.717) is 12.2 Å². The van der Waals surface area contributed by atoms with Gasteiger partial charge in [0.25, 0.3) is 5.91 Å². The molecule has 4 heteroatoms. The number of carbonyl (C=O) groups is 1. The Balaban J connectivity index is 1.56. The van der Waals surface area contributed by atoms with Crippen molar-refractivity contribution in [3.8, 4) is 5.75 Å². The van der Waals surface area contributed by atoms with Gasteiger partial charge in [-0.25, -0.2) is 5.43 Å². The zero-order valence-corrected chi connectivity index (χ0v) is 16.4. The molecule has 142 valence electrons. The third kappa shape index (κ3) is 5.30. The normalized spacial score (nSPS) is 11.2. The number of amides is 1. The maximum absolute atomic E-state index is 12.3. The Morgan fingerprint density at radius 1 is 0.821 bits per heavy atom. The first-order valence-corrected chi connectivity index (χ1v) is 9.21. The van der Waals surface area contributed by atoms with Gasteiger partial charge < -0.3 is 4.74 Å². The van der Waals surface area contributed by atoms with E-state index in [1.807, 2.05) is 50.2 Å². The van der Waals surface area contributed by atoms with Crippen LogP contribution >= 0.6 is 0 Å². The third-order valence-electron chi connectivity index (χ3n) is 4.44. The zero-order valence-electron chi connectivity index (χ0n) is 16.4. The van der Waals surface area contributed by atoms with Gasteiger partial charge in [-0.05, 0) is 56.2 Å². The Kier molecular flexibility index (Phi) is 6.22. The standard InChI is InChI=1S/C24H24N2O2/c1-17-4-8-20(9-5-17)16-28-23-14-12-22(13-15-23)24(27)26-25-19(3)21-10-6-18(2)7-11-21/h4-15H,16H2,1-3H3,(H,26,27)/b25-19+. The van der Waals surface area contributed by atoms with Gasteiger partial charge in [0.05, 0.1) is 5.71 Å². The summed E-state index contributed by atoms with van der Waals surface area (Å²) in [6.45, 7) is 6.45. The first-order valence-electron chi connectivity index (χ1n) is 9.21. The lowest BCUT2D eigenvalue weighted by atomic mass is 10.1. The van der Waals surface area contributed by atoms with Gasteiger partial charge in [0.1, 0.15) is 12.4 Å². The summed E-state index contributed by atoms with van der Waals surface area (Å²) in [5.74, 6) is 0.466. The quantitative estimate of drug-likeness (QED) is 0.487. The molecule has 0 bridgehead atoms. The molecule has 0 aliphatic carbocycles. The molecular weight excluding hydrogens is 348 g/mol. The minimum atomic E-state index is -0.253. The van der Waals surface area contributed by atoms with E-state index < -0.39 is 0 Å². The number of rotatable bonds is 6. The lowest BCUT2D eigenvalue weighted by molar-refractivity contribution is 0.0955. The smallest absolute Gasteiger partial charge is 0.271 e. The maximum Gasteiger partial charge on any atom is 0.271 e. The van der Waals surface area contributed by atoms with E-state index >= 15 is 0 Å². The van der Waals surface area contributed by atoms with Crippen molar-refractivity contribution in [2.24, 2.45) is 5.10 Å². The average Bonchev–Trinajstić information content (AvgIpc) is 2.72. The van der Waals surface area contributed by atoms with Crippen LogP contribution in [0.3, 0.4) is 0 Å². The molecule has 0 saturated carbocycles. The summed E-state index contributed by atoms with van der Waals surface area (Å²) in [5.41, 5.74) is 8.38. The summed E-state index contributed by atoms with van der Waals surface area (Å²) < 4.78 is 5.77. The number of aryl methyl sites for hydroxylation is 2. The zero-order chi connectivity index (χ0) is 19.9. The predicted octanol–water partition coefficient (Wildman–Crippen LogP) is 5.04. The Labute approximate surface area is 165 Å². The average molecular weight is 372 g/mol. The minimum Gasteiger partial charge on any atom is -0.489 e. The van der Waals surface area contributed by atoms with Gasteiger partial charge in [-0.3, -0.25) is 4.79 Å². The van der Waals surface area contributed by atoms with E-state index in [1.165, 1.54) is 11.1 Å². The number of hydrogen-bond acceptors (Lipinski definition) is 3. The van der Waals surface area contributed by atoms with Crippen LogP contribution in [0.15, 0.2) is 77.9 Å². The molecular formula is C24H24N2O2. The van der Waals surface area contributed by atoms with Gasteiger partial charge in [-0.2, -0.15) is 5.10 Å². The van der Waals surface area contributed by atoms with Crippen molar-refractivity contribution in [1.29, 1.82) is 0 Å². The lowest BCUT2D eigenvalue weighted by Gasteiger charge is -2.08. The summed E-state index contributed by atoms with van der Waals surface area (Å²) >= 11 is 0. The highest BCUT2D eigenvalue weighted by Gasteiger charge is 2.06. The van der Waals surface area contributed by atoms with E-state index in [-0.39, 0.29) is 5.91 Å². The molecule has 3 aromatic carbocycles. The second-order valence-corrected chi connectivity index (χ2v) is 6.80. The molecule has 1 N–H and O–H groups in total. The van der Waals surface area contributed by atoms with Crippen molar-refractivity contribution in [2.75, 3.05) is 0 Å². The van der Waals surface area contributed by atoms with Crippen LogP contribution < -0.4 is 10.2 Å². The Morgan fingerprint density at radius 2 is 1.36 bits per heavy atom. The monoisotopic (exact) mass is 372 g/mol. The van der Waals surface area contributed by atoms with Crippen molar-refractivity contribution in [2.45, 2.75) is 27.4 Å². The number of nitrogens with one attached hydrogen (secondary N) is 1. The van der Waals surface area contributed by atoms with Crippen molar-refractivity contribution < 1.29 is 9.53 Å². The SMILES string of the molecule is C/C(=N\NC(=O)c1ccc(OCc2ccc(C)cc2)cc1)c1ccc(C)cc1. The second-order valence-electron chi connectivity index (χ2n) is 6.80. The van der Waals surface area contributed by atoms with E-state index in [4.69, 9.17) is 4.74 Å². The molecule has 1 amide bonds. The molecule has 0 unspecified atom stereocenters. The summed E-state index contributed by atoms with van der Waals surface area (Å²) in [5, 5.41) is 4.19. The van der Waals surface area contributed by atoms with Crippen LogP contribution in [0.25, 0.3) is 0 Å². The Bertz CT molecular complexity index is 957. The molecule has 0 aromatic heterocycles. The van der Waals surface area contributed by atoms with Gasteiger partial charge in [-0.15, -0.1) is 0 Å². The van der Waals surface area contributed by atoms with Crippen LogP contribution in [0.5, 0.6) is 5.75 Å². The molecule has 3 rings (SSSR count). The molecule has 0 saturated heterocycles. The molecule has 3 aromatic rings. The molecule has 0 aliphatic rings.